The molecule has 0 spiro atoms. The summed E-state index contributed by atoms with van der Waals surface area (Å²) in [7, 11) is 0. The highest BCUT2D eigenvalue weighted by Gasteiger charge is 2.18. The molecule has 7 aromatic rings. The van der Waals surface area contributed by atoms with E-state index < -0.39 is 5.91 Å². The Morgan fingerprint density at radius 3 is 2.55 bits per heavy atom. The van der Waals surface area contributed by atoms with E-state index in [0.29, 0.717) is 17.8 Å². The van der Waals surface area contributed by atoms with Crippen molar-refractivity contribution in [3.05, 3.63) is 133 Å². The van der Waals surface area contributed by atoms with Crippen LogP contribution in [-0.2, 0) is 6.54 Å². The minimum atomic E-state index is -0.478. The fourth-order valence-electron chi connectivity index (χ4n) is 5.49. The minimum Gasteiger partial charge on any atom is -0.380 e. The molecular weight excluding hydrogens is 494 g/mol. The number of rotatable bonds is 6. The van der Waals surface area contributed by atoms with E-state index in [1.807, 2.05) is 54.7 Å². The van der Waals surface area contributed by atoms with Crippen LogP contribution >= 0.6 is 0 Å². The summed E-state index contributed by atoms with van der Waals surface area (Å²) in [5.74, 6) is -0.478. The van der Waals surface area contributed by atoms with Crippen molar-refractivity contribution in [3.8, 4) is 16.8 Å². The molecule has 40 heavy (non-hydrogen) atoms. The van der Waals surface area contributed by atoms with Crippen LogP contribution in [0.1, 0.15) is 15.9 Å². The molecule has 7 rings (SSSR count). The zero-order valence-electron chi connectivity index (χ0n) is 21.6. The molecule has 0 bridgehead atoms. The van der Waals surface area contributed by atoms with Gasteiger partial charge in [0.2, 0.25) is 0 Å². The van der Waals surface area contributed by atoms with Crippen molar-refractivity contribution in [1.82, 2.24) is 14.5 Å². The van der Waals surface area contributed by atoms with Crippen LogP contribution in [0.15, 0.2) is 122 Å². The molecule has 6 nitrogen and oxygen atoms in total. The van der Waals surface area contributed by atoms with Crippen molar-refractivity contribution >= 4 is 44.3 Å². The summed E-state index contributed by atoms with van der Waals surface area (Å²) in [4.78, 5) is 21.2. The van der Waals surface area contributed by atoms with E-state index in [-0.39, 0.29) is 0 Å². The van der Waals surface area contributed by atoms with Gasteiger partial charge in [-0.1, -0.05) is 54.6 Å². The van der Waals surface area contributed by atoms with Crippen molar-refractivity contribution in [3.63, 3.8) is 0 Å². The van der Waals surface area contributed by atoms with Gasteiger partial charge < -0.3 is 15.6 Å². The average molecular weight is 520 g/mol. The lowest BCUT2D eigenvalue weighted by molar-refractivity contribution is 0.100. The van der Waals surface area contributed by atoms with E-state index in [0.717, 1.165) is 55.1 Å². The molecule has 0 fully saturated rings. The number of para-hydroxylation sites is 2. The number of carbonyl (C=O) groups is 1. The Morgan fingerprint density at radius 1 is 0.825 bits per heavy atom. The second-order valence-corrected chi connectivity index (χ2v) is 9.78. The third-order valence-corrected chi connectivity index (χ3v) is 7.33. The molecule has 3 N–H and O–H groups in total. The summed E-state index contributed by atoms with van der Waals surface area (Å²) in [5, 5.41) is 6.80. The van der Waals surface area contributed by atoms with Crippen LogP contribution in [0.3, 0.4) is 0 Å². The quantitative estimate of drug-likeness (QED) is 0.245. The Bertz CT molecular complexity index is 2050. The number of nitrogens with two attached hydrogens (primary N) is 1. The maximum Gasteiger partial charge on any atom is 0.250 e. The summed E-state index contributed by atoms with van der Waals surface area (Å²) in [5.41, 5.74) is 14.1. The van der Waals surface area contributed by atoms with Crippen LogP contribution in [0.25, 0.3) is 49.5 Å². The van der Waals surface area contributed by atoms with E-state index in [1.54, 1.807) is 18.5 Å². The topological polar surface area (TPSA) is 85.8 Å². The largest absolute Gasteiger partial charge is 0.380 e. The molecule has 0 unspecified atom stereocenters. The van der Waals surface area contributed by atoms with Crippen molar-refractivity contribution in [2.45, 2.75) is 6.54 Å². The fraction of sp³-hybridized carbons (Fsp3) is 0.0294. The van der Waals surface area contributed by atoms with E-state index >= 15 is 0 Å². The van der Waals surface area contributed by atoms with Gasteiger partial charge in [0, 0.05) is 58.2 Å². The lowest BCUT2D eigenvalue weighted by Gasteiger charge is -2.14. The van der Waals surface area contributed by atoms with Gasteiger partial charge in [0.1, 0.15) is 0 Å². The number of aromatic nitrogens is 3. The predicted molar refractivity (Wildman–Crippen MR) is 162 cm³/mol. The Labute approximate surface area is 230 Å². The maximum absolute atomic E-state index is 12.3. The highest BCUT2D eigenvalue weighted by Crippen LogP contribution is 2.39. The molecule has 0 radical (unpaired) electrons. The zero-order valence-corrected chi connectivity index (χ0v) is 21.6. The maximum atomic E-state index is 12.3. The molecule has 0 aliphatic carbocycles. The predicted octanol–water partition coefficient (Wildman–Crippen LogP) is 7.10. The van der Waals surface area contributed by atoms with Crippen LogP contribution in [0.5, 0.6) is 0 Å². The van der Waals surface area contributed by atoms with Crippen LogP contribution in [0, 0.1) is 0 Å². The molecule has 4 aromatic carbocycles. The number of pyridine rings is 2. The monoisotopic (exact) mass is 519 g/mol. The van der Waals surface area contributed by atoms with E-state index in [2.05, 4.69) is 63.4 Å². The molecule has 3 aromatic heterocycles. The van der Waals surface area contributed by atoms with E-state index in [9.17, 15) is 4.79 Å². The first-order valence-electron chi connectivity index (χ1n) is 13.1. The highest BCUT2D eigenvalue weighted by atomic mass is 16.1. The van der Waals surface area contributed by atoms with Gasteiger partial charge in [-0.2, -0.15) is 0 Å². The molecule has 0 saturated carbocycles. The SMILES string of the molecule is NC(=O)c1ccc(-n2c3ccccc3c3c(-c4cnc5ccccc5c4)cccc32)cc1NCc1cccnc1. The molecule has 3 heterocycles. The normalized spacial score (nSPS) is 11.3. The van der Waals surface area contributed by atoms with Crippen molar-refractivity contribution in [2.75, 3.05) is 5.32 Å². The number of benzene rings is 4. The first-order chi connectivity index (χ1) is 19.7. The molecule has 192 valence electrons. The molecule has 0 saturated heterocycles. The Balaban J connectivity index is 1.42. The number of anilines is 1. The number of hydrogen-bond acceptors (Lipinski definition) is 4. The third kappa shape index (κ3) is 4.03. The minimum absolute atomic E-state index is 0.441. The number of fused-ring (bicyclic) bond motifs is 4. The summed E-state index contributed by atoms with van der Waals surface area (Å²) < 4.78 is 2.24. The van der Waals surface area contributed by atoms with Gasteiger partial charge in [0.15, 0.2) is 0 Å². The second kappa shape index (κ2) is 9.67. The number of nitrogens with one attached hydrogen (secondary N) is 1. The van der Waals surface area contributed by atoms with Crippen LogP contribution in [0.4, 0.5) is 5.69 Å². The van der Waals surface area contributed by atoms with Gasteiger partial charge in [-0.25, -0.2) is 0 Å². The van der Waals surface area contributed by atoms with Gasteiger partial charge in [0.25, 0.3) is 5.91 Å². The van der Waals surface area contributed by atoms with Crippen LogP contribution in [-0.4, -0.2) is 20.4 Å². The standard InChI is InChI=1S/C34H25N5O/c35-34(40)27-15-14-25(18-30(27)37-20-22-7-6-16-36-19-22)39-31-12-4-2-9-28(31)33-26(10-5-13-32(33)39)24-17-23-8-1-3-11-29(23)38-21-24/h1-19,21,37H,20H2,(H2,35,40). The van der Waals surface area contributed by atoms with Crippen LogP contribution in [0.2, 0.25) is 0 Å². The number of primary amides is 1. The second-order valence-electron chi connectivity index (χ2n) is 9.78. The van der Waals surface area contributed by atoms with Crippen LogP contribution < -0.4 is 11.1 Å². The number of carbonyl (C=O) groups excluding carboxylic acids is 1. The van der Waals surface area contributed by atoms with Gasteiger partial charge in [-0.05, 0) is 59.7 Å². The molecule has 1 amide bonds. The zero-order chi connectivity index (χ0) is 27.1. The Morgan fingerprint density at radius 2 is 1.68 bits per heavy atom. The van der Waals surface area contributed by atoms with Crippen molar-refractivity contribution < 1.29 is 4.79 Å². The molecule has 0 aliphatic heterocycles. The van der Waals surface area contributed by atoms with Gasteiger partial charge in [-0.15, -0.1) is 0 Å². The summed E-state index contributed by atoms with van der Waals surface area (Å²) in [6, 6.07) is 34.8. The molecule has 0 aliphatic rings. The fourth-order valence-corrected chi connectivity index (χ4v) is 5.49. The molecule has 6 heteroatoms. The lowest BCUT2D eigenvalue weighted by atomic mass is 9.99. The van der Waals surface area contributed by atoms with Crippen molar-refractivity contribution in [2.24, 2.45) is 5.73 Å². The van der Waals surface area contributed by atoms with E-state index in [4.69, 9.17) is 10.7 Å². The Hall–Kier alpha value is -5.49. The number of amides is 1. The lowest BCUT2D eigenvalue weighted by Crippen LogP contribution is -2.15. The summed E-state index contributed by atoms with van der Waals surface area (Å²) >= 11 is 0. The van der Waals surface area contributed by atoms with Gasteiger partial charge >= 0.3 is 0 Å². The summed E-state index contributed by atoms with van der Waals surface area (Å²) in [6.07, 6.45) is 5.49. The van der Waals surface area contributed by atoms with E-state index in [1.165, 1.54) is 0 Å². The van der Waals surface area contributed by atoms with Gasteiger partial charge in [-0.3, -0.25) is 14.8 Å². The first-order valence-corrected chi connectivity index (χ1v) is 13.1. The average Bonchev–Trinajstić information content (AvgIpc) is 3.35. The van der Waals surface area contributed by atoms with Crippen molar-refractivity contribution in [1.29, 1.82) is 0 Å². The summed E-state index contributed by atoms with van der Waals surface area (Å²) in [6.45, 7) is 0.518. The highest BCUT2D eigenvalue weighted by molar-refractivity contribution is 6.16. The number of nitrogens with zero attached hydrogens (tertiary/aromatic N) is 3. The smallest absolute Gasteiger partial charge is 0.250 e. The van der Waals surface area contributed by atoms with Gasteiger partial charge in [0.05, 0.1) is 22.1 Å². The Kier molecular flexibility index (Phi) is 5.71. The third-order valence-electron chi connectivity index (χ3n) is 7.33. The molecular formula is C34H25N5O. The number of hydrogen-bond donors (Lipinski definition) is 2. The first kappa shape index (κ1) is 23.6. The molecule has 0 atom stereocenters.